The zero-order valence-corrected chi connectivity index (χ0v) is 12.9. The number of nitrogens with one attached hydrogen (secondary N) is 1. The van der Waals surface area contributed by atoms with Gasteiger partial charge < -0.3 is 15.6 Å². The zero-order chi connectivity index (χ0) is 15.6. The molecule has 1 fully saturated rings. The molecule has 4 rings (SSSR count). The van der Waals surface area contributed by atoms with Gasteiger partial charge in [0.05, 0.1) is 6.33 Å². The molecule has 23 heavy (non-hydrogen) atoms. The quantitative estimate of drug-likeness (QED) is 0.760. The van der Waals surface area contributed by atoms with Gasteiger partial charge in [-0.05, 0) is 30.7 Å². The maximum absolute atomic E-state index is 5.85. The van der Waals surface area contributed by atoms with Crippen LogP contribution in [0, 0.1) is 0 Å². The van der Waals surface area contributed by atoms with Gasteiger partial charge in [0.15, 0.2) is 11.5 Å². The van der Waals surface area contributed by atoms with Crippen LogP contribution in [0.5, 0.6) is 0 Å². The van der Waals surface area contributed by atoms with Gasteiger partial charge in [0.2, 0.25) is 5.95 Å². The smallest absolute Gasteiger partial charge is 0.224 e. The molecular formula is C17H20N6. The molecule has 0 radical (unpaired) electrons. The summed E-state index contributed by atoms with van der Waals surface area (Å²) in [4.78, 5) is 18.3. The third-order valence-electron chi connectivity index (χ3n) is 4.58. The van der Waals surface area contributed by atoms with Crippen molar-refractivity contribution in [3.8, 4) is 0 Å². The summed E-state index contributed by atoms with van der Waals surface area (Å²) in [6.07, 6.45) is 5.10. The summed E-state index contributed by atoms with van der Waals surface area (Å²) < 4.78 is 0. The number of nitrogens with two attached hydrogens (primary N) is 1. The Labute approximate surface area is 134 Å². The van der Waals surface area contributed by atoms with E-state index in [-0.39, 0.29) is 5.95 Å². The number of rotatable bonds is 2. The number of hydrogen-bond acceptors (Lipinski definition) is 5. The fourth-order valence-corrected chi connectivity index (χ4v) is 3.43. The summed E-state index contributed by atoms with van der Waals surface area (Å²) in [7, 11) is 0. The molecule has 1 unspecified atom stereocenters. The van der Waals surface area contributed by atoms with E-state index in [2.05, 4.69) is 55.2 Å². The van der Waals surface area contributed by atoms with Gasteiger partial charge in [-0.3, -0.25) is 0 Å². The summed E-state index contributed by atoms with van der Waals surface area (Å²) in [6.45, 7) is 1.94. The first-order valence-corrected chi connectivity index (χ1v) is 8.08. The Balaban J connectivity index is 1.60. The minimum Gasteiger partial charge on any atom is -0.368 e. The standard InChI is InChI=1S/C17H20N6/c18-17-21-15-14(19-11-20-15)16(22-17)23-9-4-7-13(8-10-23)12-5-2-1-3-6-12/h1-3,5-6,11,13H,4,7-10H2,(H3,18,19,20,21,22). The van der Waals surface area contributed by atoms with Crippen LogP contribution in [0.4, 0.5) is 11.8 Å². The molecule has 3 aromatic rings. The Kier molecular flexibility index (Phi) is 3.57. The zero-order valence-electron chi connectivity index (χ0n) is 12.9. The Hall–Kier alpha value is -2.63. The molecule has 0 saturated carbocycles. The van der Waals surface area contributed by atoms with Gasteiger partial charge in [0, 0.05) is 13.1 Å². The van der Waals surface area contributed by atoms with Crippen LogP contribution >= 0.6 is 0 Å². The van der Waals surface area contributed by atoms with Crippen molar-refractivity contribution in [2.24, 2.45) is 0 Å². The lowest BCUT2D eigenvalue weighted by atomic mass is 9.92. The summed E-state index contributed by atoms with van der Waals surface area (Å²) in [5, 5.41) is 0. The van der Waals surface area contributed by atoms with Crippen molar-refractivity contribution in [3.63, 3.8) is 0 Å². The van der Waals surface area contributed by atoms with E-state index in [4.69, 9.17) is 5.73 Å². The minimum atomic E-state index is 0.281. The lowest BCUT2D eigenvalue weighted by molar-refractivity contribution is 0.612. The normalized spacial score (nSPS) is 19.0. The van der Waals surface area contributed by atoms with Crippen LogP contribution in [0.3, 0.4) is 0 Å². The van der Waals surface area contributed by atoms with Crippen LogP contribution in [0.15, 0.2) is 36.7 Å². The van der Waals surface area contributed by atoms with E-state index in [1.807, 2.05) is 0 Å². The molecule has 1 atom stereocenters. The molecule has 1 aromatic carbocycles. The van der Waals surface area contributed by atoms with Crippen molar-refractivity contribution >= 4 is 22.9 Å². The fourth-order valence-electron chi connectivity index (χ4n) is 3.43. The van der Waals surface area contributed by atoms with Gasteiger partial charge in [-0.15, -0.1) is 0 Å². The van der Waals surface area contributed by atoms with Gasteiger partial charge >= 0.3 is 0 Å². The average Bonchev–Trinajstić information content (AvgIpc) is 2.90. The molecule has 1 saturated heterocycles. The van der Waals surface area contributed by atoms with Crippen molar-refractivity contribution in [1.29, 1.82) is 0 Å². The molecule has 0 bridgehead atoms. The highest BCUT2D eigenvalue weighted by Crippen LogP contribution is 2.31. The Morgan fingerprint density at radius 1 is 1.09 bits per heavy atom. The number of nitrogens with zero attached hydrogens (tertiary/aromatic N) is 4. The maximum atomic E-state index is 5.85. The first-order valence-electron chi connectivity index (χ1n) is 8.08. The highest BCUT2D eigenvalue weighted by molar-refractivity contribution is 5.84. The van der Waals surface area contributed by atoms with Crippen molar-refractivity contribution in [3.05, 3.63) is 42.2 Å². The number of benzene rings is 1. The fraction of sp³-hybridized carbons (Fsp3) is 0.353. The third kappa shape index (κ3) is 2.72. The highest BCUT2D eigenvalue weighted by Gasteiger charge is 2.21. The summed E-state index contributed by atoms with van der Waals surface area (Å²) in [6, 6.07) is 10.8. The number of hydrogen-bond donors (Lipinski definition) is 2. The summed E-state index contributed by atoms with van der Waals surface area (Å²) in [5.41, 5.74) is 8.79. The van der Waals surface area contributed by atoms with Crippen LogP contribution in [0.25, 0.3) is 11.2 Å². The largest absolute Gasteiger partial charge is 0.368 e. The average molecular weight is 308 g/mol. The number of aromatic amines is 1. The Bertz CT molecular complexity index is 797. The van der Waals surface area contributed by atoms with Crippen molar-refractivity contribution in [2.75, 3.05) is 23.7 Å². The number of aromatic nitrogens is 4. The van der Waals surface area contributed by atoms with Gasteiger partial charge in [-0.2, -0.15) is 9.97 Å². The molecule has 0 aliphatic carbocycles. The predicted molar refractivity (Wildman–Crippen MR) is 91.3 cm³/mol. The predicted octanol–water partition coefficient (Wildman–Crippen LogP) is 2.71. The number of H-pyrrole nitrogens is 1. The van der Waals surface area contributed by atoms with E-state index in [0.29, 0.717) is 11.6 Å². The van der Waals surface area contributed by atoms with Gasteiger partial charge in [-0.1, -0.05) is 30.3 Å². The maximum Gasteiger partial charge on any atom is 0.224 e. The first-order chi connectivity index (χ1) is 11.3. The molecule has 1 aliphatic heterocycles. The van der Waals surface area contributed by atoms with Gasteiger partial charge in [0.1, 0.15) is 5.52 Å². The molecule has 6 heteroatoms. The first kappa shape index (κ1) is 14.0. The molecule has 2 aromatic heterocycles. The molecule has 3 N–H and O–H groups in total. The van der Waals surface area contributed by atoms with Crippen molar-refractivity contribution in [1.82, 2.24) is 19.9 Å². The van der Waals surface area contributed by atoms with Crippen LogP contribution in [-0.2, 0) is 0 Å². The second kappa shape index (κ2) is 5.87. The van der Waals surface area contributed by atoms with E-state index in [1.165, 1.54) is 12.0 Å². The number of imidazole rings is 1. The highest BCUT2D eigenvalue weighted by atomic mass is 15.2. The minimum absolute atomic E-state index is 0.281. The molecule has 0 spiro atoms. The van der Waals surface area contributed by atoms with Crippen LogP contribution in [0.1, 0.15) is 30.7 Å². The van der Waals surface area contributed by atoms with E-state index >= 15 is 0 Å². The molecule has 118 valence electrons. The van der Waals surface area contributed by atoms with Crippen molar-refractivity contribution in [2.45, 2.75) is 25.2 Å². The lowest BCUT2D eigenvalue weighted by Gasteiger charge is -2.22. The number of fused-ring (bicyclic) bond motifs is 1. The molecule has 3 heterocycles. The van der Waals surface area contributed by atoms with Crippen LogP contribution < -0.4 is 10.6 Å². The van der Waals surface area contributed by atoms with E-state index in [0.717, 1.165) is 37.3 Å². The summed E-state index contributed by atoms with van der Waals surface area (Å²) >= 11 is 0. The monoisotopic (exact) mass is 308 g/mol. The molecule has 6 nitrogen and oxygen atoms in total. The van der Waals surface area contributed by atoms with E-state index < -0.39 is 0 Å². The molecule has 0 amide bonds. The van der Waals surface area contributed by atoms with Crippen LogP contribution in [-0.4, -0.2) is 33.0 Å². The number of anilines is 2. The van der Waals surface area contributed by atoms with E-state index in [1.54, 1.807) is 6.33 Å². The molecule has 1 aliphatic rings. The second-order valence-corrected chi connectivity index (χ2v) is 6.03. The Morgan fingerprint density at radius 2 is 1.96 bits per heavy atom. The SMILES string of the molecule is Nc1nc(N2CCCC(c3ccccc3)CC2)c2[nH]cnc2n1. The number of nitrogen functional groups attached to an aromatic ring is 1. The second-order valence-electron chi connectivity index (χ2n) is 6.03. The van der Waals surface area contributed by atoms with E-state index in [9.17, 15) is 0 Å². The molecular weight excluding hydrogens is 288 g/mol. The Morgan fingerprint density at radius 3 is 2.83 bits per heavy atom. The third-order valence-corrected chi connectivity index (χ3v) is 4.58. The lowest BCUT2D eigenvalue weighted by Crippen LogP contribution is -2.26. The van der Waals surface area contributed by atoms with Crippen LogP contribution in [0.2, 0.25) is 0 Å². The topological polar surface area (TPSA) is 83.7 Å². The van der Waals surface area contributed by atoms with Crippen molar-refractivity contribution < 1.29 is 0 Å². The summed E-state index contributed by atoms with van der Waals surface area (Å²) in [5.74, 6) is 1.76. The van der Waals surface area contributed by atoms with Gasteiger partial charge in [-0.25, -0.2) is 4.98 Å². The van der Waals surface area contributed by atoms with Gasteiger partial charge in [0.25, 0.3) is 0 Å².